The van der Waals surface area contributed by atoms with Crippen molar-refractivity contribution < 1.29 is 9.53 Å². The summed E-state index contributed by atoms with van der Waals surface area (Å²) in [6.07, 6.45) is 3.05. The van der Waals surface area contributed by atoms with Crippen molar-refractivity contribution in [2.24, 2.45) is 0 Å². The first-order valence-electron chi connectivity index (χ1n) is 11.2. The number of benzene rings is 3. The summed E-state index contributed by atoms with van der Waals surface area (Å²) in [6.45, 7) is 2.63. The Labute approximate surface area is 194 Å². The van der Waals surface area contributed by atoms with E-state index in [-0.39, 0.29) is 12.1 Å². The highest BCUT2D eigenvalue weighted by Crippen LogP contribution is 2.37. The van der Waals surface area contributed by atoms with Gasteiger partial charge in [0.1, 0.15) is 5.75 Å². The lowest BCUT2D eigenvalue weighted by molar-refractivity contribution is 0.194. The van der Waals surface area contributed by atoms with Gasteiger partial charge in [0.05, 0.1) is 31.1 Å². The summed E-state index contributed by atoms with van der Waals surface area (Å²) < 4.78 is 7.66. The minimum absolute atomic E-state index is 0.173. The normalized spacial score (nSPS) is 14.7. The SMILES string of the molecule is CCc1ccc(C2c3cccn3-c3ccccc3CN2C(=O)Nc2ccccc2OC)cc1. The number of hydrogen-bond donors (Lipinski definition) is 1. The number of para-hydroxylation sites is 3. The zero-order valence-corrected chi connectivity index (χ0v) is 18.9. The van der Waals surface area contributed by atoms with Crippen molar-refractivity contribution in [1.29, 1.82) is 0 Å². The predicted octanol–water partition coefficient (Wildman–Crippen LogP) is 6.19. The molecule has 1 unspecified atom stereocenters. The number of urea groups is 1. The van der Waals surface area contributed by atoms with Crippen LogP contribution in [0.2, 0.25) is 0 Å². The van der Waals surface area contributed by atoms with Crippen molar-refractivity contribution in [1.82, 2.24) is 9.47 Å². The molecular weight excluding hydrogens is 410 g/mol. The Hall–Kier alpha value is -3.99. The molecule has 1 aromatic heterocycles. The Balaban J connectivity index is 1.62. The standard InChI is InChI=1S/C28H27N3O2/c1-3-20-14-16-21(17-15-20)27-25-12-8-18-30(25)24-11-6-4-9-22(24)19-31(27)28(32)29-23-10-5-7-13-26(23)33-2/h4-18,27H,3,19H2,1-2H3,(H,29,32). The fourth-order valence-electron chi connectivity index (χ4n) is 4.56. The molecule has 5 nitrogen and oxygen atoms in total. The maximum atomic E-state index is 13.8. The zero-order chi connectivity index (χ0) is 22.8. The molecule has 166 valence electrons. The van der Waals surface area contributed by atoms with Gasteiger partial charge >= 0.3 is 6.03 Å². The quantitative estimate of drug-likeness (QED) is 0.414. The van der Waals surface area contributed by atoms with Gasteiger partial charge < -0.3 is 19.5 Å². The molecule has 1 aliphatic heterocycles. The molecule has 2 heterocycles. The number of carbonyl (C=O) groups is 1. The molecule has 5 heteroatoms. The zero-order valence-electron chi connectivity index (χ0n) is 18.9. The van der Waals surface area contributed by atoms with Gasteiger partial charge in [0, 0.05) is 11.9 Å². The number of amides is 2. The van der Waals surface area contributed by atoms with E-state index >= 15 is 0 Å². The fourth-order valence-corrected chi connectivity index (χ4v) is 4.56. The molecule has 33 heavy (non-hydrogen) atoms. The molecule has 1 aliphatic rings. The largest absolute Gasteiger partial charge is 0.495 e. The Kier molecular flexibility index (Phi) is 5.61. The number of aromatic nitrogens is 1. The van der Waals surface area contributed by atoms with Gasteiger partial charge in [0.15, 0.2) is 0 Å². The molecule has 0 saturated heterocycles. The summed E-state index contributed by atoms with van der Waals surface area (Å²) in [5.41, 5.74) is 6.25. The third-order valence-corrected chi connectivity index (χ3v) is 6.28. The Morgan fingerprint density at radius 1 is 0.970 bits per heavy atom. The third kappa shape index (κ3) is 3.87. The summed E-state index contributed by atoms with van der Waals surface area (Å²) in [5.74, 6) is 0.633. The Bertz CT molecular complexity index is 1280. The predicted molar refractivity (Wildman–Crippen MR) is 131 cm³/mol. The van der Waals surface area contributed by atoms with E-state index in [4.69, 9.17) is 4.74 Å². The van der Waals surface area contributed by atoms with Crippen molar-refractivity contribution in [2.45, 2.75) is 25.9 Å². The van der Waals surface area contributed by atoms with Crippen molar-refractivity contribution in [3.63, 3.8) is 0 Å². The highest BCUT2D eigenvalue weighted by Gasteiger charge is 2.33. The number of anilines is 1. The van der Waals surface area contributed by atoms with Crippen LogP contribution >= 0.6 is 0 Å². The molecule has 0 bridgehead atoms. The van der Waals surface area contributed by atoms with E-state index in [0.717, 1.165) is 28.9 Å². The van der Waals surface area contributed by atoms with E-state index < -0.39 is 0 Å². The second kappa shape index (κ2) is 8.87. The van der Waals surface area contributed by atoms with E-state index in [9.17, 15) is 4.79 Å². The van der Waals surface area contributed by atoms with Crippen molar-refractivity contribution in [3.05, 3.63) is 114 Å². The van der Waals surface area contributed by atoms with Crippen LogP contribution in [0.15, 0.2) is 91.1 Å². The van der Waals surface area contributed by atoms with Gasteiger partial charge in [-0.15, -0.1) is 0 Å². The molecule has 0 saturated carbocycles. The van der Waals surface area contributed by atoms with Gasteiger partial charge in [0.2, 0.25) is 0 Å². The monoisotopic (exact) mass is 437 g/mol. The minimum Gasteiger partial charge on any atom is -0.495 e. The lowest BCUT2D eigenvalue weighted by Gasteiger charge is -2.31. The number of methoxy groups -OCH3 is 1. The first-order valence-corrected chi connectivity index (χ1v) is 11.2. The minimum atomic E-state index is -0.243. The molecule has 5 rings (SSSR count). The van der Waals surface area contributed by atoms with E-state index in [0.29, 0.717) is 18.0 Å². The maximum Gasteiger partial charge on any atom is 0.323 e. The van der Waals surface area contributed by atoms with Crippen LogP contribution in [0.1, 0.15) is 35.3 Å². The van der Waals surface area contributed by atoms with Crippen LogP contribution in [0.5, 0.6) is 5.75 Å². The number of nitrogens with one attached hydrogen (secondary N) is 1. The van der Waals surface area contributed by atoms with Crippen LogP contribution in [0.3, 0.4) is 0 Å². The second-order valence-electron chi connectivity index (χ2n) is 8.19. The van der Waals surface area contributed by atoms with E-state index in [1.54, 1.807) is 7.11 Å². The van der Waals surface area contributed by atoms with E-state index in [1.807, 2.05) is 47.4 Å². The van der Waals surface area contributed by atoms with Crippen LogP contribution in [0.4, 0.5) is 10.5 Å². The van der Waals surface area contributed by atoms with Gasteiger partial charge in [-0.25, -0.2) is 4.79 Å². The first-order chi connectivity index (χ1) is 16.2. The van der Waals surface area contributed by atoms with Crippen LogP contribution in [0.25, 0.3) is 5.69 Å². The van der Waals surface area contributed by atoms with Crippen LogP contribution in [-0.4, -0.2) is 22.6 Å². The summed E-state index contributed by atoms with van der Waals surface area (Å²) >= 11 is 0. The molecule has 2 amide bonds. The van der Waals surface area contributed by atoms with E-state index in [1.165, 1.54) is 5.56 Å². The van der Waals surface area contributed by atoms with Gasteiger partial charge in [-0.1, -0.05) is 61.5 Å². The molecule has 4 aromatic rings. The molecular formula is C28H27N3O2. The fraction of sp³-hybridized carbons (Fsp3) is 0.179. The summed E-state index contributed by atoms with van der Waals surface area (Å²) in [7, 11) is 1.61. The number of fused-ring (bicyclic) bond motifs is 3. The molecule has 0 fully saturated rings. The molecule has 0 radical (unpaired) electrons. The first kappa shape index (κ1) is 20.9. The lowest BCUT2D eigenvalue weighted by Crippen LogP contribution is -2.38. The molecule has 1 N–H and O–H groups in total. The van der Waals surface area contributed by atoms with Crippen LogP contribution < -0.4 is 10.1 Å². The highest BCUT2D eigenvalue weighted by molar-refractivity contribution is 5.91. The van der Waals surface area contributed by atoms with Crippen LogP contribution in [0, 0.1) is 0 Å². The number of nitrogens with zero attached hydrogens (tertiary/aromatic N) is 2. The number of ether oxygens (including phenoxy) is 1. The average molecular weight is 438 g/mol. The van der Waals surface area contributed by atoms with E-state index in [2.05, 4.69) is 65.5 Å². The molecule has 0 spiro atoms. The average Bonchev–Trinajstić information content (AvgIpc) is 3.28. The highest BCUT2D eigenvalue weighted by atomic mass is 16.5. The van der Waals surface area contributed by atoms with Crippen molar-refractivity contribution in [3.8, 4) is 11.4 Å². The molecule has 0 aliphatic carbocycles. The maximum absolute atomic E-state index is 13.8. The second-order valence-corrected chi connectivity index (χ2v) is 8.19. The van der Waals surface area contributed by atoms with Crippen LogP contribution in [-0.2, 0) is 13.0 Å². The third-order valence-electron chi connectivity index (χ3n) is 6.28. The van der Waals surface area contributed by atoms with Gasteiger partial charge in [-0.05, 0) is 53.4 Å². The smallest absolute Gasteiger partial charge is 0.323 e. The summed E-state index contributed by atoms with van der Waals surface area (Å²) in [4.78, 5) is 15.7. The van der Waals surface area contributed by atoms with Gasteiger partial charge in [-0.2, -0.15) is 0 Å². The number of aryl methyl sites for hydroxylation is 1. The summed E-state index contributed by atoms with van der Waals surface area (Å²) in [5, 5.41) is 3.09. The number of carbonyl (C=O) groups excluding carboxylic acids is 1. The molecule has 1 atom stereocenters. The summed E-state index contributed by atoms with van der Waals surface area (Å²) in [6, 6.07) is 28.1. The number of hydrogen-bond acceptors (Lipinski definition) is 2. The molecule has 3 aromatic carbocycles. The lowest BCUT2D eigenvalue weighted by atomic mass is 10.00. The van der Waals surface area contributed by atoms with Gasteiger partial charge in [-0.3, -0.25) is 0 Å². The Morgan fingerprint density at radius 2 is 1.73 bits per heavy atom. The topological polar surface area (TPSA) is 46.5 Å². The number of rotatable bonds is 4. The Morgan fingerprint density at radius 3 is 2.52 bits per heavy atom. The van der Waals surface area contributed by atoms with Crippen molar-refractivity contribution in [2.75, 3.05) is 12.4 Å². The van der Waals surface area contributed by atoms with Gasteiger partial charge in [0.25, 0.3) is 0 Å². The van der Waals surface area contributed by atoms with Crippen molar-refractivity contribution >= 4 is 11.7 Å².